The van der Waals surface area contributed by atoms with E-state index in [1.54, 1.807) is 11.3 Å². The Morgan fingerprint density at radius 2 is 2.17 bits per heavy atom. The van der Waals surface area contributed by atoms with Gasteiger partial charge in [-0.05, 0) is 38.9 Å². The molecule has 1 aromatic rings. The van der Waals surface area contributed by atoms with Crippen LogP contribution in [0.25, 0.3) is 0 Å². The highest BCUT2D eigenvalue weighted by Gasteiger charge is 2.16. The fourth-order valence-corrected chi connectivity index (χ4v) is 3.61. The Labute approximate surface area is 119 Å². The van der Waals surface area contributed by atoms with Gasteiger partial charge < -0.3 is 5.32 Å². The summed E-state index contributed by atoms with van der Waals surface area (Å²) in [5.41, 5.74) is 0. The summed E-state index contributed by atoms with van der Waals surface area (Å²) < 4.78 is 0.884. The van der Waals surface area contributed by atoms with E-state index in [1.165, 1.54) is 30.6 Å². The molecule has 0 amide bonds. The molecule has 0 radical (unpaired) electrons. The first-order valence-corrected chi connectivity index (χ1v) is 8.02. The van der Waals surface area contributed by atoms with Gasteiger partial charge in [-0.3, -0.25) is 4.90 Å². The second kappa shape index (κ2) is 6.90. The van der Waals surface area contributed by atoms with Crippen molar-refractivity contribution in [3.8, 4) is 0 Å². The van der Waals surface area contributed by atoms with Crippen molar-refractivity contribution in [1.29, 1.82) is 0 Å². The van der Waals surface area contributed by atoms with Gasteiger partial charge in [0, 0.05) is 30.1 Å². The van der Waals surface area contributed by atoms with Crippen molar-refractivity contribution < 1.29 is 0 Å². The number of thiophene rings is 1. The normalized spacial score (nSPS) is 18.7. The second-order valence-corrected chi connectivity index (χ2v) is 7.16. The topological polar surface area (TPSA) is 15.3 Å². The summed E-state index contributed by atoms with van der Waals surface area (Å²) in [7, 11) is 2.19. The molecule has 0 aliphatic heterocycles. The fourth-order valence-electron chi connectivity index (χ4n) is 2.46. The van der Waals surface area contributed by atoms with Crippen LogP contribution in [-0.2, 0) is 6.54 Å². The molecule has 2 rings (SSSR count). The van der Waals surface area contributed by atoms with Crippen LogP contribution in [0.5, 0.6) is 0 Å². The van der Waals surface area contributed by atoms with Crippen LogP contribution in [-0.4, -0.2) is 30.6 Å². The maximum atomic E-state index is 5.96. The number of nitrogens with zero attached hydrogens (tertiary/aromatic N) is 1. The van der Waals surface area contributed by atoms with Crippen molar-refractivity contribution in [2.45, 2.75) is 51.2 Å². The molecule has 1 fully saturated rings. The number of halogens is 1. The molecule has 0 aromatic carbocycles. The van der Waals surface area contributed by atoms with E-state index in [9.17, 15) is 0 Å². The molecule has 1 atom stereocenters. The van der Waals surface area contributed by atoms with Crippen LogP contribution in [0.3, 0.4) is 0 Å². The maximum Gasteiger partial charge on any atom is 0.0931 e. The minimum atomic E-state index is 0.562. The molecule has 4 heteroatoms. The molecule has 0 spiro atoms. The molecule has 1 heterocycles. The Morgan fingerprint density at radius 1 is 1.44 bits per heavy atom. The summed E-state index contributed by atoms with van der Waals surface area (Å²) in [5, 5.41) is 3.69. The molecule has 1 N–H and O–H groups in total. The SMILES string of the molecule is CC(CNC1CCCC1)N(C)Cc1ccc(Cl)s1. The maximum absolute atomic E-state index is 5.96. The average Bonchev–Trinajstić information content (AvgIpc) is 2.97. The van der Waals surface area contributed by atoms with Crippen molar-refractivity contribution in [1.82, 2.24) is 10.2 Å². The van der Waals surface area contributed by atoms with Gasteiger partial charge >= 0.3 is 0 Å². The third-order valence-corrected chi connectivity index (χ3v) is 5.06. The fraction of sp³-hybridized carbons (Fsp3) is 0.714. The predicted molar refractivity (Wildman–Crippen MR) is 80.5 cm³/mol. The minimum Gasteiger partial charge on any atom is -0.312 e. The van der Waals surface area contributed by atoms with Crippen molar-refractivity contribution >= 4 is 22.9 Å². The third kappa shape index (κ3) is 4.23. The summed E-state index contributed by atoms with van der Waals surface area (Å²) in [5.74, 6) is 0. The second-order valence-electron chi connectivity index (χ2n) is 5.36. The number of likely N-dealkylation sites (N-methyl/N-ethyl adjacent to an activating group) is 1. The largest absolute Gasteiger partial charge is 0.312 e. The lowest BCUT2D eigenvalue weighted by Gasteiger charge is -2.26. The van der Waals surface area contributed by atoms with Gasteiger partial charge in [-0.25, -0.2) is 0 Å². The van der Waals surface area contributed by atoms with E-state index in [1.807, 2.05) is 6.07 Å². The average molecular weight is 287 g/mol. The van der Waals surface area contributed by atoms with E-state index in [2.05, 4.69) is 30.3 Å². The molecule has 102 valence electrons. The molecule has 1 aliphatic carbocycles. The molecule has 1 aliphatic rings. The molecule has 2 nitrogen and oxygen atoms in total. The van der Waals surface area contributed by atoms with Crippen molar-refractivity contribution in [3.05, 3.63) is 21.3 Å². The summed E-state index contributed by atoms with van der Waals surface area (Å²) in [6.07, 6.45) is 5.51. The lowest BCUT2D eigenvalue weighted by Crippen LogP contribution is -2.40. The van der Waals surface area contributed by atoms with E-state index in [0.29, 0.717) is 6.04 Å². The molecule has 1 saturated carbocycles. The lowest BCUT2D eigenvalue weighted by atomic mass is 10.2. The Morgan fingerprint density at radius 3 is 2.78 bits per heavy atom. The van der Waals surface area contributed by atoms with Gasteiger partial charge in [-0.15, -0.1) is 11.3 Å². The van der Waals surface area contributed by atoms with Crippen LogP contribution in [0.2, 0.25) is 4.34 Å². The molecular weight excluding hydrogens is 264 g/mol. The smallest absolute Gasteiger partial charge is 0.0931 e. The molecular formula is C14H23ClN2S. The summed E-state index contributed by atoms with van der Waals surface area (Å²) >= 11 is 7.64. The zero-order valence-corrected chi connectivity index (χ0v) is 12.9. The highest BCUT2D eigenvalue weighted by Crippen LogP contribution is 2.23. The molecule has 18 heavy (non-hydrogen) atoms. The van der Waals surface area contributed by atoms with Gasteiger partial charge in [0.05, 0.1) is 4.34 Å². The van der Waals surface area contributed by atoms with Gasteiger partial charge in [0.1, 0.15) is 0 Å². The number of hydrogen-bond donors (Lipinski definition) is 1. The van der Waals surface area contributed by atoms with Crippen molar-refractivity contribution in [2.75, 3.05) is 13.6 Å². The van der Waals surface area contributed by atoms with Crippen LogP contribution in [0.4, 0.5) is 0 Å². The molecule has 0 bridgehead atoms. The first kappa shape index (κ1) is 14.3. The van der Waals surface area contributed by atoms with E-state index >= 15 is 0 Å². The van der Waals surface area contributed by atoms with Crippen LogP contribution in [0.15, 0.2) is 12.1 Å². The van der Waals surface area contributed by atoms with E-state index in [0.717, 1.165) is 23.5 Å². The highest BCUT2D eigenvalue weighted by molar-refractivity contribution is 7.16. The number of rotatable bonds is 6. The third-order valence-electron chi connectivity index (χ3n) is 3.84. The van der Waals surface area contributed by atoms with Crippen LogP contribution >= 0.6 is 22.9 Å². The quantitative estimate of drug-likeness (QED) is 0.857. The number of nitrogens with one attached hydrogen (secondary N) is 1. The molecule has 1 aromatic heterocycles. The van der Waals surface area contributed by atoms with Crippen molar-refractivity contribution in [2.24, 2.45) is 0 Å². The Hall–Kier alpha value is -0.0900. The first-order chi connectivity index (χ1) is 8.65. The predicted octanol–water partition coefficient (Wildman–Crippen LogP) is 3.75. The monoisotopic (exact) mass is 286 g/mol. The first-order valence-electron chi connectivity index (χ1n) is 6.83. The lowest BCUT2D eigenvalue weighted by molar-refractivity contribution is 0.239. The molecule has 1 unspecified atom stereocenters. The van der Waals surface area contributed by atoms with Gasteiger partial charge in [-0.2, -0.15) is 0 Å². The Balaban J connectivity index is 1.72. The van der Waals surface area contributed by atoms with Crippen LogP contribution in [0.1, 0.15) is 37.5 Å². The number of hydrogen-bond acceptors (Lipinski definition) is 3. The Bertz CT molecular complexity index is 360. The van der Waals surface area contributed by atoms with Crippen LogP contribution < -0.4 is 5.32 Å². The van der Waals surface area contributed by atoms with Gasteiger partial charge in [0.25, 0.3) is 0 Å². The highest BCUT2D eigenvalue weighted by atomic mass is 35.5. The zero-order chi connectivity index (χ0) is 13.0. The summed E-state index contributed by atoms with van der Waals surface area (Å²) in [6.45, 7) is 4.36. The van der Waals surface area contributed by atoms with Crippen molar-refractivity contribution in [3.63, 3.8) is 0 Å². The summed E-state index contributed by atoms with van der Waals surface area (Å²) in [4.78, 5) is 3.74. The standard InChI is InChI=1S/C14H23ClN2S/c1-11(9-16-12-5-3-4-6-12)17(2)10-13-7-8-14(15)18-13/h7-8,11-12,16H,3-6,9-10H2,1-2H3. The van der Waals surface area contributed by atoms with Gasteiger partial charge in [0.2, 0.25) is 0 Å². The van der Waals surface area contributed by atoms with E-state index in [4.69, 9.17) is 11.6 Å². The van der Waals surface area contributed by atoms with E-state index in [-0.39, 0.29) is 0 Å². The molecule has 0 saturated heterocycles. The van der Waals surface area contributed by atoms with Gasteiger partial charge in [-0.1, -0.05) is 24.4 Å². The van der Waals surface area contributed by atoms with Gasteiger partial charge in [0.15, 0.2) is 0 Å². The Kier molecular flexibility index (Phi) is 5.49. The summed E-state index contributed by atoms with van der Waals surface area (Å²) in [6, 6.07) is 5.43. The van der Waals surface area contributed by atoms with E-state index < -0.39 is 0 Å². The van der Waals surface area contributed by atoms with Crippen LogP contribution in [0, 0.1) is 0 Å². The zero-order valence-electron chi connectivity index (χ0n) is 11.3. The minimum absolute atomic E-state index is 0.562.